The summed E-state index contributed by atoms with van der Waals surface area (Å²) in [5.41, 5.74) is 6.61. The highest BCUT2D eigenvalue weighted by Gasteiger charge is 2.17. The quantitative estimate of drug-likeness (QED) is 0.332. The zero-order valence-electron chi connectivity index (χ0n) is 20.4. The van der Waals surface area contributed by atoms with Crippen LogP contribution in [0.4, 0.5) is 11.4 Å². The van der Waals surface area contributed by atoms with Crippen molar-refractivity contribution in [2.75, 3.05) is 31.6 Å². The van der Waals surface area contributed by atoms with Gasteiger partial charge in [-0.05, 0) is 41.3 Å². The van der Waals surface area contributed by atoms with Gasteiger partial charge in [0.1, 0.15) is 0 Å². The van der Waals surface area contributed by atoms with E-state index in [4.69, 9.17) is 4.74 Å². The molecule has 1 aliphatic heterocycles. The van der Waals surface area contributed by atoms with Crippen LogP contribution in [0.3, 0.4) is 0 Å². The Morgan fingerprint density at radius 1 is 1.14 bits per heavy atom. The SMILES string of the molecule is Cn1ccc2ccc(-c3cc(Nc4cnccc4C(=O)NCC4COCCN4)cc4nccnc34)cc21. The van der Waals surface area contributed by atoms with Crippen molar-refractivity contribution in [3.05, 3.63) is 79.0 Å². The molecule has 1 saturated heterocycles. The Balaban J connectivity index is 1.33. The number of carbonyl (C=O) groups excluding carboxylic acids is 1. The number of hydrogen-bond acceptors (Lipinski definition) is 7. The maximum absolute atomic E-state index is 13.1. The third-order valence-electron chi connectivity index (χ3n) is 6.63. The maximum atomic E-state index is 13.1. The van der Waals surface area contributed by atoms with Gasteiger partial charge in [-0.3, -0.25) is 19.7 Å². The molecule has 9 nitrogen and oxygen atoms in total. The van der Waals surface area contributed by atoms with Crippen molar-refractivity contribution < 1.29 is 9.53 Å². The third kappa shape index (κ3) is 4.74. The third-order valence-corrected chi connectivity index (χ3v) is 6.63. The molecule has 3 aromatic heterocycles. The average molecular weight is 494 g/mol. The summed E-state index contributed by atoms with van der Waals surface area (Å²) in [6.07, 6.45) is 8.72. The lowest BCUT2D eigenvalue weighted by Crippen LogP contribution is -2.48. The van der Waals surface area contributed by atoms with Crippen molar-refractivity contribution in [1.29, 1.82) is 0 Å². The van der Waals surface area contributed by atoms with Crippen molar-refractivity contribution in [2.45, 2.75) is 6.04 Å². The largest absolute Gasteiger partial charge is 0.378 e. The van der Waals surface area contributed by atoms with Gasteiger partial charge in [0.2, 0.25) is 0 Å². The van der Waals surface area contributed by atoms with Crippen LogP contribution in [0.2, 0.25) is 0 Å². The van der Waals surface area contributed by atoms with Crippen molar-refractivity contribution >= 4 is 39.2 Å². The van der Waals surface area contributed by atoms with Crippen LogP contribution in [-0.2, 0) is 11.8 Å². The Labute approximate surface area is 213 Å². The number of ether oxygens (including phenoxy) is 1. The van der Waals surface area contributed by atoms with Crippen LogP contribution in [0, 0.1) is 0 Å². The highest BCUT2D eigenvalue weighted by molar-refractivity contribution is 6.01. The molecule has 1 amide bonds. The predicted octanol–water partition coefficient (Wildman–Crippen LogP) is 3.65. The monoisotopic (exact) mass is 493 g/mol. The number of morpholine rings is 1. The molecule has 5 aromatic rings. The number of carbonyl (C=O) groups is 1. The fourth-order valence-electron chi connectivity index (χ4n) is 4.71. The lowest BCUT2D eigenvalue weighted by atomic mass is 10.0. The molecule has 0 saturated carbocycles. The lowest BCUT2D eigenvalue weighted by molar-refractivity contribution is 0.0735. The molecular formula is C28H27N7O2. The molecule has 6 rings (SSSR count). The molecule has 3 N–H and O–H groups in total. The molecule has 1 aliphatic rings. The van der Waals surface area contributed by atoms with Gasteiger partial charge in [0.15, 0.2) is 0 Å². The van der Waals surface area contributed by atoms with Crippen LogP contribution in [-0.4, -0.2) is 57.8 Å². The standard InChI is InChI=1S/C28H27N7O2/c1-35-10-5-18-2-3-19(12-26(18)35)23-13-20(14-24-27(23)32-8-7-31-24)34-25-16-29-6-4-22(25)28(36)33-15-21-17-37-11-9-30-21/h2-8,10,12-14,16,21,30,34H,9,11,15,17H2,1H3,(H,33,36). The number of anilines is 2. The number of benzene rings is 2. The van der Waals surface area contributed by atoms with Crippen LogP contribution in [0.15, 0.2) is 73.4 Å². The summed E-state index contributed by atoms with van der Waals surface area (Å²) in [6.45, 7) is 2.54. The summed E-state index contributed by atoms with van der Waals surface area (Å²) in [4.78, 5) is 26.5. The molecule has 186 valence electrons. The Morgan fingerprint density at radius 2 is 2.05 bits per heavy atom. The maximum Gasteiger partial charge on any atom is 0.253 e. The number of pyridine rings is 1. The van der Waals surface area contributed by atoms with Crippen molar-refractivity contribution in [1.82, 2.24) is 30.2 Å². The topological polar surface area (TPSA) is 106 Å². The van der Waals surface area contributed by atoms with E-state index in [-0.39, 0.29) is 11.9 Å². The van der Waals surface area contributed by atoms with Gasteiger partial charge in [0.25, 0.3) is 5.91 Å². The molecule has 37 heavy (non-hydrogen) atoms. The van der Waals surface area contributed by atoms with E-state index in [2.05, 4.69) is 65.9 Å². The zero-order chi connectivity index (χ0) is 25.2. The van der Waals surface area contributed by atoms with Crippen molar-refractivity contribution in [3.63, 3.8) is 0 Å². The molecule has 2 aromatic carbocycles. The van der Waals surface area contributed by atoms with E-state index in [9.17, 15) is 4.79 Å². The van der Waals surface area contributed by atoms with E-state index >= 15 is 0 Å². The summed E-state index contributed by atoms with van der Waals surface area (Å²) in [5, 5.41) is 10.9. The number of amides is 1. The lowest BCUT2D eigenvalue weighted by Gasteiger charge is -2.24. The first-order chi connectivity index (χ1) is 18.2. The number of rotatable bonds is 6. The van der Waals surface area contributed by atoms with Gasteiger partial charge in [-0.1, -0.05) is 12.1 Å². The Morgan fingerprint density at radius 3 is 2.95 bits per heavy atom. The number of aromatic nitrogens is 4. The predicted molar refractivity (Wildman–Crippen MR) is 144 cm³/mol. The molecule has 0 aliphatic carbocycles. The normalized spacial score (nSPS) is 15.6. The molecule has 1 atom stereocenters. The van der Waals surface area contributed by atoms with E-state index in [1.807, 2.05) is 19.2 Å². The minimum absolute atomic E-state index is 0.0964. The second-order valence-corrected chi connectivity index (χ2v) is 9.13. The van der Waals surface area contributed by atoms with E-state index in [0.29, 0.717) is 31.0 Å². The van der Waals surface area contributed by atoms with Gasteiger partial charge in [0.05, 0.1) is 41.7 Å². The first kappa shape index (κ1) is 23.1. The summed E-state index contributed by atoms with van der Waals surface area (Å²) < 4.78 is 7.58. The van der Waals surface area contributed by atoms with E-state index < -0.39 is 0 Å². The van der Waals surface area contributed by atoms with Gasteiger partial charge < -0.3 is 25.3 Å². The molecule has 0 spiro atoms. The summed E-state index contributed by atoms with van der Waals surface area (Å²) in [5.74, 6) is -0.174. The average Bonchev–Trinajstić information content (AvgIpc) is 3.32. The van der Waals surface area contributed by atoms with Crippen LogP contribution >= 0.6 is 0 Å². The zero-order valence-corrected chi connectivity index (χ0v) is 20.4. The highest BCUT2D eigenvalue weighted by atomic mass is 16.5. The summed E-state index contributed by atoms with van der Waals surface area (Å²) in [6, 6.07) is 14.3. The molecule has 1 unspecified atom stereocenters. The number of aryl methyl sites for hydroxylation is 1. The van der Waals surface area contributed by atoms with Gasteiger partial charge in [-0.15, -0.1) is 0 Å². The van der Waals surface area contributed by atoms with Crippen LogP contribution in [0.1, 0.15) is 10.4 Å². The minimum atomic E-state index is -0.174. The number of hydrogen-bond donors (Lipinski definition) is 3. The smallest absolute Gasteiger partial charge is 0.253 e. The number of nitrogens with one attached hydrogen (secondary N) is 3. The van der Waals surface area contributed by atoms with Crippen LogP contribution in [0.5, 0.6) is 0 Å². The van der Waals surface area contributed by atoms with Crippen molar-refractivity contribution in [2.24, 2.45) is 7.05 Å². The van der Waals surface area contributed by atoms with Crippen LogP contribution < -0.4 is 16.0 Å². The number of fused-ring (bicyclic) bond motifs is 2. The fraction of sp³-hybridized carbons (Fsp3) is 0.214. The van der Waals surface area contributed by atoms with Gasteiger partial charge >= 0.3 is 0 Å². The number of nitrogens with zero attached hydrogens (tertiary/aromatic N) is 4. The minimum Gasteiger partial charge on any atom is -0.378 e. The van der Waals surface area contributed by atoms with E-state index in [1.54, 1.807) is 30.9 Å². The van der Waals surface area contributed by atoms with Crippen LogP contribution in [0.25, 0.3) is 33.1 Å². The Hall–Kier alpha value is -4.34. The second kappa shape index (κ2) is 9.96. The van der Waals surface area contributed by atoms with Gasteiger partial charge in [-0.25, -0.2) is 0 Å². The van der Waals surface area contributed by atoms with E-state index in [1.165, 1.54) is 5.39 Å². The molecule has 1 fully saturated rings. The molecule has 0 radical (unpaired) electrons. The summed E-state index contributed by atoms with van der Waals surface area (Å²) in [7, 11) is 2.04. The first-order valence-corrected chi connectivity index (χ1v) is 12.3. The Bertz CT molecular complexity index is 1590. The van der Waals surface area contributed by atoms with Gasteiger partial charge in [-0.2, -0.15) is 0 Å². The molecule has 9 heteroatoms. The molecule has 0 bridgehead atoms. The van der Waals surface area contributed by atoms with Crippen molar-refractivity contribution in [3.8, 4) is 11.1 Å². The van der Waals surface area contributed by atoms with Gasteiger partial charge in [0, 0.05) is 67.7 Å². The molecular weight excluding hydrogens is 466 g/mol. The second-order valence-electron chi connectivity index (χ2n) is 9.13. The first-order valence-electron chi connectivity index (χ1n) is 12.3. The fourth-order valence-corrected chi connectivity index (χ4v) is 4.71. The Kier molecular flexibility index (Phi) is 6.21. The van der Waals surface area contributed by atoms with E-state index in [0.717, 1.165) is 39.9 Å². The summed E-state index contributed by atoms with van der Waals surface area (Å²) >= 11 is 0. The molecule has 4 heterocycles. The highest BCUT2D eigenvalue weighted by Crippen LogP contribution is 2.33.